The molecule has 0 unspecified atom stereocenters. The maximum absolute atomic E-state index is 10.6. The van der Waals surface area contributed by atoms with E-state index >= 15 is 0 Å². The third-order valence-electron chi connectivity index (χ3n) is 1.57. The van der Waals surface area contributed by atoms with Crippen molar-refractivity contribution >= 4 is 5.69 Å². The van der Waals surface area contributed by atoms with Gasteiger partial charge in [0.25, 0.3) is 0 Å². The molecule has 1 aromatic rings. The lowest BCUT2D eigenvalue weighted by molar-refractivity contribution is -0.385. The molecule has 0 bridgehead atoms. The maximum atomic E-state index is 10.6. The summed E-state index contributed by atoms with van der Waals surface area (Å²) in [5.74, 6) is 5.06. The Labute approximate surface area is 86.5 Å². The second-order valence-electron chi connectivity index (χ2n) is 2.53. The number of nitrogens with zero attached hydrogens (tertiary/aromatic N) is 1. The molecular formula is C10H9NO4. The number of aliphatic hydroxyl groups excluding tert-OH is 1. The molecule has 15 heavy (non-hydrogen) atoms. The normalized spacial score (nSPS) is 8.87. The van der Waals surface area contributed by atoms with Gasteiger partial charge in [0.1, 0.15) is 13.2 Å². The highest BCUT2D eigenvalue weighted by Crippen LogP contribution is 2.25. The van der Waals surface area contributed by atoms with E-state index in [0.717, 1.165) is 0 Å². The van der Waals surface area contributed by atoms with E-state index in [2.05, 4.69) is 11.8 Å². The van der Waals surface area contributed by atoms with E-state index in [1.54, 1.807) is 12.1 Å². The summed E-state index contributed by atoms with van der Waals surface area (Å²) >= 11 is 0. The highest BCUT2D eigenvalue weighted by Gasteiger charge is 2.12. The quantitative estimate of drug-likeness (QED) is 0.455. The average Bonchev–Trinajstić information content (AvgIpc) is 2.25. The number of rotatable bonds is 3. The molecular weight excluding hydrogens is 198 g/mol. The Balaban J connectivity index is 2.72. The van der Waals surface area contributed by atoms with Gasteiger partial charge in [0, 0.05) is 6.07 Å². The minimum atomic E-state index is -0.519. The molecule has 0 aliphatic carbocycles. The first-order valence-electron chi connectivity index (χ1n) is 4.18. The molecule has 0 saturated heterocycles. The molecule has 1 N–H and O–H groups in total. The standard InChI is InChI=1S/C10H9NO4/c12-7-3-4-8-15-10-6-2-1-5-9(10)11(13)14/h1-2,5-6,12H,7-8H2. The average molecular weight is 207 g/mol. The number of aliphatic hydroxyl groups is 1. The number of nitro groups is 1. The summed E-state index contributed by atoms with van der Waals surface area (Å²) in [6.07, 6.45) is 0. The van der Waals surface area contributed by atoms with Crippen LogP contribution in [0.15, 0.2) is 24.3 Å². The van der Waals surface area contributed by atoms with Crippen molar-refractivity contribution in [2.45, 2.75) is 0 Å². The first-order chi connectivity index (χ1) is 7.25. The van der Waals surface area contributed by atoms with E-state index in [1.165, 1.54) is 12.1 Å². The Bertz CT molecular complexity index is 405. The Morgan fingerprint density at radius 2 is 2.13 bits per heavy atom. The topological polar surface area (TPSA) is 72.6 Å². The predicted molar refractivity (Wildman–Crippen MR) is 53.5 cm³/mol. The van der Waals surface area contributed by atoms with Crippen molar-refractivity contribution < 1.29 is 14.8 Å². The highest BCUT2D eigenvalue weighted by molar-refractivity contribution is 5.45. The number of nitro benzene ring substituents is 1. The van der Waals surface area contributed by atoms with E-state index in [9.17, 15) is 10.1 Å². The first kappa shape index (κ1) is 11.0. The van der Waals surface area contributed by atoms with Crippen LogP contribution in [0.3, 0.4) is 0 Å². The van der Waals surface area contributed by atoms with Crippen LogP contribution < -0.4 is 4.74 Å². The van der Waals surface area contributed by atoms with Crippen LogP contribution in [0.4, 0.5) is 5.69 Å². The van der Waals surface area contributed by atoms with Gasteiger partial charge < -0.3 is 9.84 Å². The molecule has 5 heteroatoms. The van der Waals surface area contributed by atoms with Gasteiger partial charge in [0.15, 0.2) is 5.75 Å². The molecule has 5 nitrogen and oxygen atoms in total. The van der Waals surface area contributed by atoms with Gasteiger partial charge >= 0.3 is 5.69 Å². The second-order valence-corrected chi connectivity index (χ2v) is 2.53. The van der Waals surface area contributed by atoms with Crippen LogP contribution in [0.25, 0.3) is 0 Å². The van der Waals surface area contributed by atoms with E-state index in [0.29, 0.717) is 0 Å². The Morgan fingerprint density at radius 1 is 1.40 bits per heavy atom. The number of ether oxygens (including phenoxy) is 1. The summed E-state index contributed by atoms with van der Waals surface area (Å²) < 4.78 is 5.07. The van der Waals surface area contributed by atoms with E-state index in [1.807, 2.05) is 0 Å². The van der Waals surface area contributed by atoms with Crippen molar-refractivity contribution in [3.05, 3.63) is 34.4 Å². The maximum Gasteiger partial charge on any atom is 0.310 e. The molecule has 1 aromatic carbocycles. The van der Waals surface area contributed by atoms with Crippen LogP contribution >= 0.6 is 0 Å². The van der Waals surface area contributed by atoms with Gasteiger partial charge in [-0.2, -0.15) is 0 Å². The molecule has 0 fully saturated rings. The summed E-state index contributed by atoms with van der Waals surface area (Å²) in [5, 5.41) is 18.9. The van der Waals surface area contributed by atoms with Crippen LogP contribution in [0.1, 0.15) is 0 Å². The lowest BCUT2D eigenvalue weighted by Gasteiger charge is -2.01. The lowest BCUT2D eigenvalue weighted by Crippen LogP contribution is -1.98. The number of benzene rings is 1. The van der Waals surface area contributed by atoms with Crippen molar-refractivity contribution in [3.63, 3.8) is 0 Å². The van der Waals surface area contributed by atoms with Crippen molar-refractivity contribution in [1.82, 2.24) is 0 Å². The first-order valence-corrected chi connectivity index (χ1v) is 4.18. The highest BCUT2D eigenvalue weighted by atomic mass is 16.6. The zero-order valence-corrected chi connectivity index (χ0v) is 7.84. The van der Waals surface area contributed by atoms with Crippen molar-refractivity contribution in [2.75, 3.05) is 13.2 Å². The predicted octanol–water partition coefficient (Wildman–Crippen LogP) is 0.969. The molecule has 0 aliphatic rings. The third kappa shape index (κ3) is 3.29. The van der Waals surface area contributed by atoms with E-state index < -0.39 is 4.92 Å². The Kier molecular flexibility index (Phi) is 4.13. The minimum absolute atomic E-state index is 0.0193. The summed E-state index contributed by atoms with van der Waals surface area (Å²) in [6.45, 7) is -0.230. The van der Waals surface area contributed by atoms with Gasteiger partial charge in [-0.05, 0) is 6.07 Å². The lowest BCUT2D eigenvalue weighted by atomic mass is 10.3. The van der Waals surface area contributed by atoms with Gasteiger partial charge in [0.2, 0.25) is 0 Å². The summed E-state index contributed by atoms with van der Waals surface area (Å²) in [7, 11) is 0. The van der Waals surface area contributed by atoms with Gasteiger partial charge in [-0.1, -0.05) is 24.0 Å². The van der Waals surface area contributed by atoms with Gasteiger partial charge in [-0.25, -0.2) is 0 Å². The molecule has 0 heterocycles. The SMILES string of the molecule is O=[N+]([O-])c1ccccc1OCC#CCO. The van der Waals surface area contributed by atoms with Crippen LogP contribution in [0.5, 0.6) is 5.75 Å². The fourth-order valence-corrected chi connectivity index (χ4v) is 0.951. The summed E-state index contributed by atoms with van der Waals surface area (Å²) in [6, 6.07) is 6.06. The number of para-hydroxylation sites is 2. The smallest absolute Gasteiger partial charge is 0.310 e. The summed E-state index contributed by atoms with van der Waals surface area (Å²) in [5.41, 5.74) is -0.0942. The monoisotopic (exact) mass is 207 g/mol. The molecule has 78 valence electrons. The van der Waals surface area contributed by atoms with Crippen molar-refractivity contribution in [3.8, 4) is 17.6 Å². The van der Waals surface area contributed by atoms with E-state index in [-0.39, 0.29) is 24.7 Å². The van der Waals surface area contributed by atoms with Gasteiger partial charge in [0.05, 0.1) is 4.92 Å². The molecule has 0 amide bonds. The van der Waals surface area contributed by atoms with E-state index in [4.69, 9.17) is 9.84 Å². The van der Waals surface area contributed by atoms with Gasteiger partial charge in [-0.15, -0.1) is 0 Å². The zero-order chi connectivity index (χ0) is 11.1. The molecule has 0 aliphatic heterocycles. The molecule has 0 radical (unpaired) electrons. The fourth-order valence-electron chi connectivity index (χ4n) is 0.951. The third-order valence-corrected chi connectivity index (χ3v) is 1.57. The zero-order valence-electron chi connectivity index (χ0n) is 7.84. The Hall–Kier alpha value is -2.06. The summed E-state index contributed by atoms with van der Waals surface area (Å²) in [4.78, 5) is 10.0. The molecule has 0 spiro atoms. The molecule has 1 rings (SSSR count). The van der Waals surface area contributed by atoms with Crippen molar-refractivity contribution in [2.24, 2.45) is 0 Å². The number of hydrogen-bond donors (Lipinski definition) is 1. The van der Waals surface area contributed by atoms with Crippen molar-refractivity contribution in [1.29, 1.82) is 0 Å². The largest absolute Gasteiger partial charge is 0.474 e. The van der Waals surface area contributed by atoms with Crippen LogP contribution in [0, 0.1) is 22.0 Å². The van der Waals surface area contributed by atoms with Gasteiger partial charge in [-0.3, -0.25) is 10.1 Å². The number of hydrogen-bond acceptors (Lipinski definition) is 4. The Morgan fingerprint density at radius 3 is 2.80 bits per heavy atom. The second kappa shape index (κ2) is 5.62. The minimum Gasteiger partial charge on any atom is -0.474 e. The van der Waals surface area contributed by atoms with Crippen LogP contribution in [0.2, 0.25) is 0 Å². The van der Waals surface area contributed by atoms with Crippen LogP contribution in [-0.2, 0) is 0 Å². The molecule has 0 aromatic heterocycles. The molecule has 0 atom stereocenters. The molecule has 0 saturated carbocycles. The van der Waals surface area contributed by atoms with Crippen LogP contribution in [-0.4, -0.2) is 23.2 Å². The fraction of sp³-hybridized carbons (Fsp3) is 0.200.